The Kier molecular flexibility index (Phi) is 9.30. The lowest BCUT2D eigenvalue weighted by atomic mass is 9.85. The van der Waals surface area contributed by atoms with Gasteiger partial charge in [-0.3, -0.25) is 9.59 Å². The van der Waals surface area contributed by atoms with Gasteiger partial charge in [0.15, 0.2) is 0 Å². The van der Waals surface area contributed by atoms with Gasteiger partial charge in [0.05, 0.1) is 0 Å². The molecule has 2 aliphatic rings. The van der Waals surface area contributed by atoms with Crippen molar-refractivity contribution in [3.05, 3.63) is 12.2 Å². The summed E-state index contributed by atoms with van der Waals surface area (Å²) in [6, 6.07) is 0. The fourth-order valence-corrected chi connectivity index (χ4v) is 4.97. The number of carbonyl (C=O) groups is 2. The van der Waals surface area contributed by atoms with Gasteiger partial charge in [0.2, 0.25) is 0 Å². The van der Waals surface area contributed by atoms with Gasteiger partial charge in [-0.25, -0.2) is 0 Å². The van der Waals surface area contributed by atoms with Crippen molar-refractivity contribution in [3.8, 4) is 0 Å². The first-order valence-electron chi connectivity index (χ1n) is 12.1. The third kappa shape index (κ3) is 7.30. The lowest BCUT2D eigenvalue weighted by Crippen LogP contribution is -2.18. The van der Waals surface area contributed by atoms with E-state index in [2.05, 4.69) is 27.7 Å². The molecule has 0 heterocycles. The maximum Gasteiger partial charge on any atom is 0.142 e. The second kappa shape index (κ2) is 11.0. The predicted molar refractivity (Wildman–Crippen MR) is 121 cm³/mol. The van der Waals surface area contributed by atoms with Crippen molar-refractivity contribution in [2.24, 2.45) is 34.5 Å². The molecule has 4 heteroatoms. The highest BCUT2D eigenvalue weighted by molar-refractivity contribution is 5.88. The molecule has 2 saturated carbocycles. The molecule has 0 amide bonds. The SMILES string of the molecule is CC(C)(CO)CCCC1CCC(/C=C\C2CCC(CCCC(C)(C)CO)C2=O)C1=O. The summed E-state index contributed by atoms with van der Waals surface area (Å²) in [6.07, 6.45) is 13.5. The summed E-state index contributed by atoms with van der Waals surface area (Å²) in [6.45, 7) is 8.63. The number of hydrogen-bond acceptors (Lipinski definition) is 4. The van der Waals surface area contributed by atoms with Crippen molar-refractivity contribution >= 4 is 11.6 Å². The molecule has 2 fully saturated rings. The summed E-state index contributed by atoms with van der Waals surface area (Å²) in [4.78, 5) is 25.5. The van der Waals surface area contributed by atoms with Gasteiger partial charge in [0.25, 0.3) is 0 Å². The lowest BCUT2D eigenvalue weighted by molar-refractivity contribution is -0.124. The van der Waals surface area contributed by atoms with E-state index in [-0.39, 0.29) is 47.7 Å². The molecule has 0 bridgehead atoms. The smallest absolute Gasteiger partial charge is 0.142 e. The second-order valence-electron chi connectivity index (χ2n) is 11.4. The van der Waals surface area contributed by atoms with Crippen LogP contribution in [0.4, 0.5) is 0 Å². The zero-order valence-corrected chi connectivity index (χ0v) is 19.7. The van der Waals surface area contributed by atoms with E-state index < -0.39 is 0 Å². The molecule has 172 valence electrons. The summed E-state index contributed by atoms with van der Waals surface area (Å²) >= 11 is 0. The Bertz CT molecular complexity index is 552. The van der Waals surface area contributed by atoms with Gasteiger partial charge < -0.3 is 10.2 Å². The average molecular weight is 421 g/mol. The first-order valence-corrected chi connectivity index (χ1v) is 12.1. The van der Waals surface area contributed by atoms with Crippen LogP contribution < -0.4 is 0 Å². The molecule has 2 aliphatic carbocycles. The van der Waals surface area contributed by atoms with E-state index in [1.165, 1.54) is 0 Å². The van der Waals surface area contributed by atoms with Gasteiger partial charge in [-0.15, -0.1) is 0 Å². The minimum atomic E-state index is -0.0613. The Labute approximate surface area is 183 Å². The van der Waals surface area contributed by atoms with Crippen LogP contribution in [0.2, 0.25) is 0 Å². The molecule has 0 aliphatic heterocycles. The number of carbonyl (C=O) groups excluding carboxylic acids is 2. The van der Waals surface area contributed by atoms with Crippen LogP contribution >= 0.6 is 0 Å². The molecule has 0 saturated heterocycles. The van der Waals surface area contributed by atoms with Crippen molar-refractivity contribution in [2.75, 3.05) is 13.2 Å². The molecule has 0 aromatic heterocycles. The maximum absolute atomic E-state index is 12.7. The average Bonchev–Trinajstić information content (AvgIpc) is 3.23. The molecule has 2 rings (SSSR count). The van der Waals surface area contributed by atoms with E-state index in [0.29, 0.717) is 11.6 Å². The van der Waals surface area contributed by atoms with Gasteiger partial charge in [0, 0.05) is 36.9 Å². The second-order valence-corrected chi connectivity index (χ2v) is 11.4. The summed E-state index contributed by atoms with van der Waals surface area (Å²) in [5.41, 5.74) is -0.123. The van der Waals surface area contributed by atoms with Crippen LogP contribution in [0.3, 0.4) is 0 Å². The first kappa shape index (κ1) is 25.3. The molecular weight excluding hydrogens is 376 g/mol. The quantitative estimate of drug-likeness (QED) is 0.430. The minimum absolute atomic E-state index is 0.0157. The Morgan fingerprint density at radius 2 is 1.10 bits per heavy atom. The molecule has 30 heavy (non-hydrogen) atoms. The molecule has 0 radical (unpaired) electrons. The lowest BCUT2D eigenvalue weighted by Gasteiger charge is -2.22. The topological polar surface area (TPSA) is 74.6 Å². The highest BCUT2D eigenvalue weighted by Crippen LogP contribution is 2.36. The molecule has 0 aromatic carbocycles. The van der Waals surface area contributed by atoms with Crippen molar-refractivity contribution < 1.29 is 19.8 Å². The summed E-state index contributed by atoms with van der Waals surface area (Å²) in [5, 5.41) is 18.7. The number of hydrogen-bond donors (Lipinski definition) is 2. The Morgan fingerprint density at radius 1 is 0.733 bits per heavy atom. The Morgan fingerprint density at radius 3 is 1.43 bits per heavy atom. The van der Waals surface area contributed by atoms with Gasteiger partial charge in [-0.05, 0) is 62.2 Å². The van der Waals surface area contributed by atoms with Gasteiger partial charge in [-0.1, -0.05) is 52.7 Å². The third-order valence-corrected chi connectivity index (χ3v) is 7.43. The van der Waals surface area contributed by atoms with Crippen molar-refractivity contribution in [2.45, 2.75) is 91.9 Å². The third-order valence-electron chi connectivity index (χ3n) is 7.43. The normalized spacial score (nSPS) is 28.2. The number of aliphatic hydroxyl groups excluding tert-OH is 2. The maximum atomic E-state index is 12.7. The highest BCUT2D eigenvalue weighted by Gasteiger charge is 2.35. The molecule has 0 aromatic rings. The highest BCUT2D eigenvalue weighted by atomic mass is 16.3. The predicted octanol–water partition coefficient (Wildman–Crippen LogP) is 5.11. The summed E-state index contributed by atoms with van der Waals surface area (Å²) in [5.74, 6) is 0.964. The molecule has 4 nitrogen and oxygen atoms in total. The van der Waals surface area contributed by atoms with Crippen LogP contribution in [-0.4, -0.2) is 35.0 Å². The van der Waals surface area contributed by atoms with Crippen LogP contribution in [-0.2, 0) is 9.59 Å². The van der Waals surface area contributed by atoms with Gasteiger partial charge >= 0.3 is 0 Å². The molecule has 4 atom stereocenters. The van der Waals surface area contributed by atoms with Crippen LogP contribution in [0.5, 0.6) is 0 Å². The number of allylic oxidation sites excluding steroid dienone is 2. The van der Waals surface area contributed by atoms with Gasteiger partial charge in [-0.2, -0.15) is 0 Å². The minimum Gasteiger partial charge on any atom is -0.396 e. The fraction of sp³-hybridized carbons (Fsp3) is 0.846. The summed E-state index contributed by atoms with van der Waals surface area (Å²) in [7, 11) is 0. The van der Waals surface area contributed by atoms with Crippen molar-refractivity contribution in [1.29, 1.82) is 0 Å². The van der Waals surface area contributed by atoms with E-state index in [4.69, 9.17) is 0 Å². The molecular formula is C26H44O4. The molecule has 4 unspecified atom stereocenters. The number of rotatable bonds is 12. The van der Waals surface area contributed by atoms with E-state index in [9.17, 15) is 19.8 Å². The van der Waals surface area contributed by atoms with Crippen molar-refractivity contribution in [3.63, 3.8) is 0 Å². The van der Waals surface area contributed by atoms with E-state index >= 15 is 0 Å². The summed E-state index contributed by atoms with van der Waals surface area (Å²) < 4.78 is 0. The molecule has 0 spiro atoms. The van der Waals surface area contributed by atoms with Crippen LogP contribution in [0.15, 0.2) is 12.2 Å². The Hall–Kier alpha value is -1.00. The van der Waals surface area contributed by atoms with Crippen LogP contribution in [0.25, 0.3) is 0 Å². The zero-order valence-electron chi connectivity index (χ0n) is 19.7. The van der Waals surface area contributed by atoms with E-state index in [1.54, 1.807) is 0 Å². The van der Waals surface area contributed by atoms with Crippen LogP contribution in [0.1, 0.15) is 91.9 Å². The van der Waals surface area contributed by atoms with Crippen LogP contribution in [0, 0.1) is 34.5 Å². The fourth-order valence-electron chi connectivity index (χ4n) is 4.97. The van der Waals surface area contributed by atoms with Gasteiger partial charge in [0.1, 0.15) is 11.6 Å². The number of aliphatic hydroxyl groups is 2. The number of Topliss-reactive ketones (excluding diaryl/α,β-unsaturated/α-hetero) is 2. The standard InChI is InChI=1S/C26H44O4/c1-25(2,17-27)15-5-7-19-9-11-21(23(19)29)13-14-22-12-10-20(24(22)30)8-6-16-26(3,4)18-28/h13-14,19-22,27-28H,5-12,15-18H2,1-4H3/b14-13-. The first-order chi connectivity index (χ1) is 14.1. The van der Waals surface area contributed by atoms with E-state index in [0.717, 1.165) is 64.2 Å². The molecule has 2 N–H and O–H groups in total. The zero-order chi connectivity index (χ0) is 22.4. The Balaban J connectivity index is 1.75. The van der Waals surface area contributed by atoms with Crippen molar-refractivity contribution in [1.82, 2.24) is 0 Å². The van der Waals surface area contributed by atoms with E-state index in [1.807, 2.05) is 12.2 Å². The monoisotopic (exact) mass is 420 g/mol. The largest absolute Gasteiger partial charge is 0.396 e. The number of ketones is 2.